The largest absolute Gasteiger partial charge is 0.511 e. The monoisotopic (exact) mass is 281 g/mol. The lowest BCUT2D eigenvalue weighted by Gasteiger charge is -1.99. The predicted molar refractivity (Wildman–Crippen MR) is 64.7 cm³/mol. The third kappa shape index (κ3) is 2.76. The molecule has 20 heavy (non-hydrogen) atoms. The Hall–Kier alpha value is -2.84. The summed E-state index contributed by atoms with van der Waals surface area (Å²) in [4.78, 5) is 33.7. The Kier molecular flexibility index (Phi) is 3.69. The molecular weight excluding hydrogens is 270 g/mol. The van der Waals surface area contributed by atoms with Crippen molar-refractivity contribution in [3.63, 3.8) is 0 Å². The highest BCUT2D eigenvalue weighted by atomic mass is 16.7. The first-order valence-electron chi connectivity index (χ1n) is 5.67. The summed E-state index contributed by atoms with van der Waals surface area (Å²) in [5.74, 6) is -0.609. The number of fused-ring (bicyclic) bond motifs is 1. The number of pyridine rings is 1. The molecule has 0 unspecified atom stereocenters. The second-order valence-corrected chi connectivity index (χ2v) is 3.71. The summed E-state index contributed by atoms with van der Waals surface area (Å²) in [5.41, 5.74) is -0.332. The summed E-state index contributed by atoms with van der Waals surface area (Å²) in [5, 5.41) is 12.4. The van der Waals surface area contributed by atoms with Crippen LogP contribution in [-0.4, -0.2) is 38.0 Å². The summed E-state index contributed by atoms with van der Waals surface area (Å²) < 4.78 is 11.2. The molecule has 9 nitrogen and oxygen atoms in total. The first-order chi connectivity index (χ1) is 9.51. The number of hydrogen-bond acceptors (Lipinski definition) is 6. The van der Waals surface area contributed by atoms with Crippen LogP contribution in [0.2, 0.25) is 0 Å². The minimum absolute atomic E-state index is 0.0252. The molecule has 9 heteroatoms. The summed E-state index contributed by atoms with van der Waals surface area (Å²) in [6, 6.07) is 2.76. The highest BCUT2D eigenvalue weighted by Gasteiger charge is 2.12. The lowest BCUT2D eigenvalue weighted by atomic mass is 10.4. The minimum Gasteiger partial charge on any atom is -0.465 e. The molecule has 0 saturated heterocycles. The van der Waals surface area contributed by atoms with Gasteiger partial charge in [-0.2, -0.15) is 0 Å². The molecule has 0 saturated carbocycles. The molecule has 0 fully saturated rings. The number of aromatic nitrogens is 3. The molecule has 0 bridgehead atoms. The fraction of sp³-hybridized carbons (Fsp3) is 0.273. The first-order valence-corrected chi connectivity index (χ1v) is 5.67. The third-order valence-electron chi connectivity index (χ3n) is 2.34. The lowest BCUT2D eigenvalue weighted by Crippen LogP contribution is -2.26. The van der Waals surface area contributed by atoms with Gasteiger partial charge in [-0.1, -0.05) is 0 Å². The zero-order chi connectivity index (χ0) is 14.7. The molecule has 2 aromatic rings. The maximum atomic E-state index is 12.0. The number of esters is 1. The van der Waals surface area contributed by atoms with Gasteiger partial charge in [-0.05, 0) is 19.1 Å². The highest BCUT2D eigenvalue weighted by molar-refractivity contribution is 5.69. The van der Waals surface area contributed by atoms with Gasteiger partial charge in [-0.25, -0.2) is 18.7 Å². The van der Waals surface area contributed by atoms with Crippen LogP contribution in [-0.2, 0) is 16.1 Å². The number of carboxylic acid groups (broad SMARTS) is 1. The molecule has 2 rings (SSSR count). The van der Waals surface area contributed by atoms with E-state index in [0.29, 0.717) is 0 Å². The molecule has 2 aromatic heterocycles. The summed E-state index contributed by atoms with van der Waals surface area (Å²) in [6.07, 6.45) is -0.309. The van der Waals surface area contributed by atoms with Crippen molar-refractivity contribution < 1.29 is 24.2 Å². The molecule has 2 heterocycles. The van der Waals surface area contributed by atoms with Crippen LogP contribution in [0.3, 0.4) is 0 Å². The van der Waals surface area contributed by atoms with Crippen molar-refractivity contribution in [1.29, 1.82) is 0 Å². The van der Waals surface area contributed by atoms with Crippen LogP contribution in [0, 0.1) is 0 Å². The number of ether oxygens (including phenoxy) is 2. The van der Waals surface area contributed by atoms with E-state index in [-0.39, 0.29) is 24.5 Å². The summed E-state index contributed by atoms with van der Waals surface area (Å²) in [6.45, 7) is 1.54. The van der Waals surface area contributed by atoms with E-state index in [9.17, 15) is 14.4 Å². The van der Waals surface area contributed by atoms with E-state index in [1.165, 1.54) is 18.3 Å². The Bertz CT molecular complexity index is 717. The second kappa shape index (κ2) is 5.43. The molecule has 0 aromatic carbocycles. The normalized spacial score (nSPS) is 10.4. The maximum Gasteiger partial charge on any atom is 0.511 e. The van der Waals surface area contributed by atoms with Gasteiger partial charge in [0.05, 0.1) is 12.8 Å². The van der Waals surface area contributed by atoms with Crippen LogP contribution in [0.5, 0.6) is 5.75 Å². The predicted octanol–water partition coefficient (Wildman–Crippen LogP) is 0.116. The van der Waals surface area contributed by atoms with E-state index in [1.54, 1.807) is 6.92 Å². The number of carbonyl (C=O) groups is 2. The fourth-order valence-corrected chi connectivity index (χ4v) is 1.59. The van der Waals surface area contributed by atoms with Crippen LogP contribution in [0.15, 0.2) is 23.1 Å². The topological polar surface area (TPSA) is 112 Å². The van der Waals surface area contributed by atoms with E-state index in [4.69, 9.17) is 9.84 Å². The third-order valence-corrected chi connectivity index (χ3v) is 2.34. The zero-order valence-electron chi connectivity index (χ0n) is 10.5. The van der Waals surface area contributed by atoms with Gasteiger partial charge in [0.1, 0.15) is 6.54 Å². The Morgan fingerprint density at radius 3 is 2.80 bits per heavy atom. The van der Waals surface area contributed by atoms with Crippen molar-refractivity contribution in [2.75, 3.05) is 6.61 Å². The van der Waals surface area contributed by atoms with E-state index in [0.717, 1.165) is 9.08 Å². The average Bonchev–Trinajstić information content (AvgIpc) is 2.66. The molecule has 0 aliphatic carbocycles. The molecule has 0 radical (unpaired) electrons. The molecule has 1 N–H and O–H groups in total. The van der Waals surface area contributed by atoms with Crippen molar-refractivity contribution in [2.45, 2.75) is 13.5 Å². The van der Waals surface area contributed by atoms with E-state index >= 15 is 0 Å². The fourth-order valence-electron chi connectivity index (χ4n) is 1.59. The lowest BCUT2D eigenvalue weighted by molar-refractivity contribution is -0.144. The van der Waals surface area contributed by atoms with Gasteiger partial charge < -0.3 is 14.6 Å². The van der Waals surface area contributed by atoms with E-state index in [2.05, 4.69) is 9.84 Å². The van der Waals surface area contributed by atoms with Crippen LogP contribution >= 0.6 is 0 Å². The van der Waals surface area contributed by atoms with Crippen molar-refractivity contribution >= 4 is 17.8 Å². The Labute approximate surface area is 111 Å². The molecule has 0 amide bonds. The van der Waals surface area contributed by atoms with Gasteiger partial charge in [0.2, 0.25) is 0 Å². The summed E-state index contributed by atoms with van der Waals surface area (Å²) in [7, 11) is 0. The zero-order valence-corrected chi connectivity index (χ0v) is 10.5. The Morgan fingerprint density at radius 1 is 1.40 bits per heavy atom. The standard InChI is InChI=1S/C11H11N3O6/c1-2-19-9(15)6-14-10(16)13-5-7(20-11(17)18)3-4-8(13)12-14/h3-5H,2,6H2,1H3,(H,17,18). The average molecular weight is 281 g/mol. The van der Waals surface area contributed by atoms with Gasteiger partial charge in [0.15, 0.2) is 11.4 Å². The van der Waals surface area contributed by atoms with Crippen LogP contribution in [0.4, 0.5) is 4.79 Å². The quantitative estimate of drug-likeness (QED) is 0.792. The van der Waals surface area contributed by atoms with Crippen molar-refractivity contribution in [3.8, 4) is 5.75 Å². The minimum atomic E-state index is -1.49. The number of nitrogens with zero attached hydrogens (tertiary/aromatic N) is 3. The number of hydrogen-bond donors (Lipinski definition) is 1. The van der Waals surface area contributed by atoms with Crippen molar-refractivity contribution in [2.24, 2.45) is 0 Å². The van der Waals surface area contributed by atoms with E-state index < -0.39 is 17.8 Å². The number of rotatable bonds is 4. The first kappa shape index (κ1) is 13.6. The summed E-state index contributed by atoms with van der Waals surface area (Å²) >= 11 is 0. The smallest absolute Gasteiger partial charge is 0.465 e. The highest BCUT2D eigenvalue weighted by Crippen LogP contribution is 2.10. The SMILES string of the molecule is CCOC(=O)Cn1nc2ccc(OC(=O)O)cn2c1=O. The maximum absolute atomic E-state index is 12.0. The Balaban J connectivity index is 2.35. The molecule has 106 valence electrons. The van der Waals surface area contributed by atoms with E-state index in [1.807, 2.05) is 0 Å². The number of carbonyl (C=O) groups excluding carboxylic acids is 1. The van der Waals surface area contributed by atoms with Gasteiger partial charge in [0.25, 0.3) is 0 Å². The molecule has 0 atom stereocenters. The van der Waals surface area contributed by atoms with Gasteiger partial charge in [0, 0.05) is 0 Å². The van der Waals surface area contributed by atoms with Crippen molar-refractivity contribution in [3.05, 3.63) is 28.8 Å². The van der Waals surface area contributed by atoms with Crippen LogP contribution < -0.4 is 10.4 Å². The second-order valence-electron chi connectivity index (χ2n) is 3.71. The molecule has 0 spiro atoms. The van der Waals surface area contributed by atoms with Gasteiger partial charge in [-0.3, -0.25) is 4.79 Å². The Morgan fingerprint density at radius 2 is 2.15 bits per heavy atom. The van der Waals surface area contributed by atoms with Crippen LogP contribution in [0.1, 0.15) is 6.92 Å². The van der Waals surface area contributed by atoms with Gasteiger partial charge >= 0.3 is 17.8 Å². The molecule has 0 aliphatic heterocycles. The molecule has 0 aliphatic rings. The van der Waals surface area contributed by atoms with Crippen molar-refractivity contribution in [1.82, 2.24) is 14.2 Å². The van der Waals surface area contributed by atoms with Gasteiger partial charge in [-0.15, -0.1) is 5.10 Å². The molecular formula is C11H11N3O6. The van der Waals surface area contributed by atoms with Crippen LogP contribution in [0.25, 0.3) is 5.65 Å².